The number of benzene rings is 3. The van der Waals surface area contributed by atoms with Crippen LogP contribution in [0.25, 0.3) is 6.08 Å². The molecule has 12 heteroatoms. The molecule has 0 saturated heterocycles. The molecule has 9 nitrogen and oxygen atoms in total. The molecule has 0 spiro atoms. The van der Waals surface area contributed by atoms with Crippen molar-refractivity contribution in [3.8, 4) is 5.75 Å². The lowest BCUT2D eigenvalue weighted by Crippen LogP contribution is -2.30. The summed E-state index contributed by atoms with van der Waals surface area (Å²) in [6, 6.07) is 22.9. The van der Waals surface area contributed by atoms with Gasteiger partial charge in [-0.05, 0) is 79.2 Å². The monoisotopic (exact) mass is 666 g/mol. The fourth-order valence-corrected chi connectivity index (χ4v) is 6.53. The van der Waals surface area contributed by atoms with E-state index in [4.69, 9.17) is 37.1 Å². The molecular weight excluding hydrogens is 639 g/mol. The Morgan fingerprint density at radius 3 is 2.24 bits per heavy atom. The van der Waals surface area contributed by atoms with Crippen molar-refractivity contribution in [2.24, 2.45) is 0 Å². The number of nitrogens with zero attached hydrogens (tertiary/aromatic N) is 2. The molecule has 0 fully saturated rings. The summed E-state index contributed by atoms with van der Waals surface area (Å²) in [7, 11) is -1.24. The first-order valence-electron chi connectivity index (χ1n) is 13.6. The lowest BCUT2D eigenvalue weighted by atomic mass is 10.1. The van der Waals surface area contributed by atoms with Gasteiger partial charge in [-0.25, -0.2) is 13.2 Å². The van der Waals surface area contributed by atoms with Crippen molar-refractivity contribution in [2.75, 3.05) is 19.1 Å². The molecule has 0 radical (unpaired) electrons. The summed E-state index contributed by atoms with van der Waals surface area (Å²) in [5.74, 6) is -0.0621. The maximum Gasteiger partial charge on any atom is 0.340 e. The highest BCUT2D eigenvalue weighted by molar-refractivity contribution is 7.89. The minimum atomic E-state index is -3.99. The zero-order valence-corrected chi connectivity index (χ0v) is 26.8. The SMILES string of the molecule is COC(=O)C1=C(C)N(c2cccc(OC)c2)C(=O)/C1=C/c1ccc(CN(Cc2ccc(Cl)cc2)S(=O)(=O)c2ccc(Cl)cc2)o1. The zero-order chi connectivity index (χ0) is 32.3. The summed E-state index contributed by atoms with van der Waals surface area (Å²) < 4.78 is 45.1. The molecule has 0 aliphatic carbocycles. The molecule has 1 aliphatic rings. The predicted molar refractivity (Wildman–Crippen MR) is 171 cm³/mol. The van der Waals surface area contributed by atoms with Crippen LogP contribution in [0.3, 0.4) is 0 Å². The zero-order valence-electron chi connectivity index (χ0n) is 24.5. The van der Waals surface area contributed by atoms with Crippen molar-refractivity contribution in [3.63, 3.8) is 0 Å². The number of allylic oxidation sites excluding steroid dienone is 1. The minimum Gasteiger partial charge on any atom is -0.497 e. The number of hydrogen-bond donors (Lipinski definition) is 0. The van der Waals surface area contributed by atoms with Gasteiger partial charge < -0.3 is 13.9 Å². The number of sulfonamides is 1. The van der Waals surface area contributed by atoms with Gasteiger partial charge in [-0.3, -0.25) is 9.69 Å². The van der Waals surface area contributed by atoms with Crippen molar-refractivity contribution < 1.29 is 31.9 Å². The number of furan rings is 1. The van der Waals surface area contributed by atoms with Crippen molar-refractivity contribution in [1.29, 1.82) is 0 Å². The molecule has 3 aromatic carbocycles. The lowest BCUT2D eigenvalue weighted by Gasteiger charge is -2.21. The van der Waals surface area contributed by atoms with Crippen LogP contribution >= 0.6 is 23.2 Å². The quantitative estimate of drug-likeness (QED) is 0.134. The summed E-state index contributed by atoms with van der Waals surface area (Å²) in [6.07, 6.45) is 1.44. The molecule has 1 aliphatic heterocycles. The van der Waals surface area contributed by atoms with E-state index in [2.05, 4.69) is 0 Å². The van der Waals surface area contributed by atoms with E-state index in [1.807, 2.05) is 0 Å². The van der Waals surface area contributed by atoms with Crippen molar-refractivity contribution in [2.45, 2.75) is 24.9 Å². The minimum absolute atomic E-state index is 0.0294. The number of anilines is 1. The van der Waals surface area contributed by atoms with Crippen LogP contribution in [0, 0.1) is 0 Å². The second-order valence-corrected chi connectivity index (χ2v) is 12.8. The highest BCUT2D eigenvalue weighted by atomic mass is 35.5. The molecule has 0 N–H and O–H groups in total. The highest BCUT2D eigenvalue weighted by Gasteiger charge is 2.38. The third kappa shape index (κ3) is 6.84. The number of rotatable bonds is 10. The fraction of sp³-hybridized carbons (Fsp3) is 0.152. The highest BCUT2D eigenvalue weighted by Crippen LogP contribution is 2.37. The Labute approximate surface area is 270 Å². The topological polar surface area (TPSA) is 106 Å². The van der Waals surface area contributed by atoms with E-state index in [1.165, 1.54) is 53.8 Å². The number of methoxy groups -OCH3 is 2. The number of amides is 1. The van der Waals surface area contributed by atoms with Crippen molar-refractivity contribution in [1.82, 2.24) is 4.31 Å². The first-order valence-corrected chi connectivity index (χ1v) is 15.8. The van der Waals surface area contributed by atoms with Crippen LogP contribution in [0.5, 0.6) is 5.75 Å². The fourth-order valence-electron chi connectivity index (χ4n) is 4.89. The Balaban J connectivity index is 1.48. The third-order valence-corrected chi connectivity index (χ3v) is 9.44. The molecular formula is C33H28Cl2N2O7S. The van der Waals surface area contributed by atoms with E-state index in [0.29, 0.717) is 38.5 Å². The van der Waals surface area contributed by atoms with Gasteiger partial charge in [0.15, 0.2) is 0 Å². The van der Waals surface area contributed by atoms with Gasteiger partial charge in [0.2, 0.25) is 10.0 Å². The lowest BCUT2D eigenvalue weighted by molar-refractivity contribution is -0.136. The van der Waals surface area contributed by atoms with Gasteiger partial charge in [-0.2, -0.15) is 4.31 Å². The normalized spacial score (nSPS) is 14.5. The first-order chi connectivity index (χ1) is 21.5. The molecule has 4 aromatic rings. The van der Waals surface area contributed by atoms with Crippen LogP contribution in [0.15, 0.2) is 111 Å². The van der Waals surface area contributed by atoms with Crippen molar-refractivity contribution in [3.05, 3.63) is 129 Å². The Morgan fingerprint density at radius 2 is 1.60 bits per heavy atom. The molecule has 0 atom stereocenters. The van der Waals surface area contributed by atoms with Gasteiger partial charge in [0.25, 0.3) is 5.91 Å². The smallest absolute Gasteiger partial charge is 0.340 e. The number of ether oxygens (including phenoxy) is 2. The van der Waals surface area contributed by atoms with E-state index in [9.17, 15) is 18.0 Å². The molecule has 0 saturated carbocycles. The van der Waals surface area contributed by atoms with Gasteiger partial charge in [-0.15, -0.1) is 0 Å². The first kappa shape index (κ1) is 32.1. The second kappa shape index (κ2) is 13.3. The number of carbonyl (C=O) groups excluding carboxylic acids is 2. The van der Waals surface area contributed by atoms with E-state index >= 15 is 0 Å². The summed E-state index contributed by atoms with van der Waals surface area (Å²) in [4.78, 5) is 28.0. The Hall–Kier alpha value is -4.35. The Kier molecular flexibility index (Phi) is 9.50. The number of esters is 1. The van der Waals surface area contributed by atoms with Gasteiger partial charge in [0.05, 0.1) is 42.5 Å². The summed E-state index contributed by atoms with van der Waals surface area (Å²) in [5, 5.41) is 0.931. The predicted octanol–water partition coefficient (Wildman–Crippen LogP) is 6.86. The molecule has 45 heavy (non-hydrogen) atoms. The molecule has 0 unspecified atom stereocenters. The Bertz CT molecular complexity index is 1910. The average molecular weight is 668 g/mol. The number of hydrogen-bond acceptors (Lipinski definition) is 7. The number of carbonyl (C=O) groups is 2. The molecule has 2 heterocycles. The van der Waals surface area contributed by atoms with Gasteiger partial charge >= 0.3 is 5.97 Å². The molecule has 5 rings (SSSR count). The van der Waals surface area contributed by atoms with E-state index < -0.39 is 21.9 Å². The van der Waals surface area contributed by atoms with Crippen LogP contribution in [0.4, 0.5) is 5.69 Å². The second-order valence-electron chi connectivity index (χ2n) is 10.0. The number of halogens is 2. The standard InChI is InChI=1S/C33H28Cl2N2O7S/c1-21-31(33(39)43-3)30(32(38)37(21)25-5-4-6-26(17-25)42-2)18-27-13-14-28(44-27)20-36(19-22-7-9-23(34)10-8-22)45(40,41)29-15-11-24(35)12-16-29/h4-18H,19-20H2,1-3H3/b30-18+. The Morgan fingerprint density at radius 1 is 0.933 bits per heavy atom. The average Bonchev–Trinajstić information content (AvgIpc) is 3.58. The van der Waals surface area contributed by atoms with Crippen LogP contribution in [-0.2, 0) is 37.4 Å². The maximum absolute atomic E-state index is 13.7. The van der Waals surface area contributed by atoms with Crippen LogP contribution in [0.1, 0.15) is 24.0 Å². The summed E-state index contributed by atoms with van der Waals surface area (Å²) in [6.45, 7) is 1.55. The molecule has 1 amide bonds. The molecule has 0 bridgehead atoms. The van der Waals surface area contributed by atoms with Crippen LogP contribution in [-0.4, -0.2) is 38.8 Å². The van der Waals surface area contributed by atoms with Gasteiger partial charge in [-0.1, -0.05) is 41.4 Å². The summed E-state index contributed by atoms with van der Waals surface area (Å²) in [5.41, 5.74) is 1.74. The molecule has 1 aromatic heterocycles. The van der Waals surface area contributed by atoms with Gasteiger partial charge in [0, 0.05) is 28.4 Å². The van der Waals surface area contributed by atoms with E-state index in [0.717, 1.165) is 0 Å². The van der Waals surface area contributed by atoms with Crippen LogP contribution < -0.4 is 9.64 Å². The van der Waals surface area contributed by atoms with E-state index in [-0.39, 0.29) is 34.9 Å². The largest absolute Gasteiger partial charge is 0.497 e. The summed E-state index contributed by atoms with van der Waals surface area (Å²) >= 11 is 12.0. The maximum atomic E-state index is 13.7. The van der Waals surface area contributed by atoms with E-state index in [1.54, 1.807) is 67.6 Å². The van der Waals surface area contributed by atoms with Gasteiger partial charge in [0.1, 0.15) is 17.3 Å². The molecule has 232 valence electrons. The van der Waals surface area contributed by atoms with Crippen molar-refractivity contribution >= 4 is 56.9 Å². The third-order valence-electron chi connectivity index (χ3n) is 7.13. The van der Waals surface area contributed by atoms with Crippen LogP contribution in [0.2, 0.25) is 10.0 Å².